The number of pyridine rings is 1. The molecule has 0 spiro atoms. The van der Waals surface area contributed by atoms with Crippen molar-refractivity contribution in [3.63, 3.8) is 0 Å². The molecule has 1 heterocycles. The Balaban J connectivity index is 2.22. The molecule has 4 heteroatoms. The van der Waals surface area contributed by atoms with Gasteiger partial charge in [-0.2, -0.15) is 0 Å². The van der Waals surface area contributed by atoms with Crippen LogP contribution in [0.25, 0.3) is 0 Å². The number of anilines is 1. The fourth-order valence-electron chi connectivity index (χ4n) is 2.53. The van der Waals surface area contributed by atoms with Gasteiger partial charge in [0.05, 0.1) is 5.56 Å². The summed E-state index contributed by atoms with van der Waals surface area (Å²) in [6.07, 6.45) is 3.90. The molecule has 1 aliphatic rings. The van der Waals surface area contributed by atoms with Crippen LogP contribution in [0.4, 0.5) is 5.82 Å². The maximum atomic E-state index is 5.80. The van der Waals surface area contributed by atoms with E-state index in [1.807, 2.05) is 19.9 Å². The molecule has 0 aromatic carbocycles. The predicted octanol–water partition coefficient (Wildman–Crippen LogP) is 2.93. The van der Waals surface area contributed by atoms with E-state index in [1.165, 1.54) is 19.3 Å². The molecule has 0 atom stereocenters. The second-order valence-electron chi connectivity index (χ2n) is 5.69. The van der Waals surface area contributed by atoms with Crippen LogP contribution in [-0.4, -0.2) is 16.5 Å². The van der Waals surface area contributed by atoms with Gasteiger partial charge in [-0.1, -0.05) is 25.6 Å². The third-order valence-corrected chi connectivity index (χ3v) is 4.04. The third kappa shape index (κ3) is 2.64. The van der Waals surface area contributed by atoms with Crippen molar-refractivity contribution in [3.8, 4) is 0 Å². The minimum absolute atomic E-state index is 0.410. The number of rotatable bonds is 4. The smallest absolute Gasteiger partial charge is 0.136 e. The second kappa shape index (κ2) is 4.84. The van der Waals surface area contributed by atoms with E-state index in [9.17, 15) is 0 Å². The quantitative estimate of drug-likeness (QED) is 0.820. The maximum Gasteiger partial charge on any atom is 0.136 e. The van der Waals surface area contributed by atoms with Gasteiger partial charge < -0.3 is 11.1 Å². The van der Waals surface area contributed by atoms with Crippen molar-refractivity contribution in [2.75, 3.05) is 11.9 Å². The maximum absolute atomic E-state index is 5.80. The lowest BCUT2D eigenvalue weighted by atomic mass is 9.70. The molecule has 0 amide bonds. The minimum Gasteiger partial charge on any atom is -0.389 e. The van der Waals surface area contributed by atoms with Gasteiger partial charge in [0.15, 0.2) is 0 Å². The molecule has 98 valence electrons. The zero-order valence-electron chi connectivity index (χ0n) is 11.3. The van der Waals surface area contributed by atoms with Gasteiger partial charge in [0.2, 0.25) is 0 Å². The molecule has 1 aromatic rings. The standard InChI is InChI=1S/C14H21N3S/c1-9-7-10(2)17-13(11(9)12(15)18)16-8-14(3)5-4-6-14/h7H,4-6,8H2,1-3H3,(H2,15,18)(H,16,17). The van der Waals surface area contributed by atoms with E-state index in [0.29, 0.717) is 10.4 Å². The lowest BCUT2D eigenvalue weighted by molar-refractivity contribution is 0.180. The summed E-state index contributed by atoms with van der Waals surface area (Å²) in [5.74, 6) is 0.841. The SMILES string of the molecule is Cc1cc(C)c(C(N)=S)c(NCC2(C)CCC2)n1. The molecule has 1 aliphatic carbocycles. The zero-order valence-corrected chi connectivity index (χ0v) is 12.2. The molecule has 3 nitrogen and oxygen atoms in total. The largest absolute Gasteiger partial charge is 0.389 e. The Labute approximate surface area is 114 Å². The van der Waals surface area contributed by atoms with Crippen LogP contribution in [0.15, 0.2) is 6.07 Å². The fourth-order valence-corrected chi connectivity index (χ4v) is 2.79. The van der Waals surface area contributed by atoms with Crippen molar-refractivity contribution in [2.45, 2.75) is 40.0 Å². The predicted molar refractivity (Wildman–Crippen MR) is 80.0 cm³/mol. The number of nitrogens with one attached hydrogen (secondary N) is 1. The molecule has 2 rings (SSSR count). The average molecular weight is 263 g/mol. The van der Waals surface area contributed by atoms with Gasteiger partial charge in [0, 0.05) is 12.2 Å². The number of nitrogens with two attached hydrogens (primary N) is 1. The van der Waals surface area contributed by atoms with Gasteiger partial charge in [-0.25, -0.2) is 4.98 Å². The Hall–Kier alpha value is -1.16. The Morgan fingerprint density at radius 1 is 1.50 bits per heavy atom. The van der Waals surface area contributed by atoms with Crippen LogP contribution >= 0.6 is 12.2 Å². The van der Waals surface area contributed by atoms with Crippen LogP contribution in [0.5, 0.6) is 0 Å². The van der Waals surface area contributed by atoms with E-state index in [0.717, 1.165) is 29.2 Å². The van der Waals surface area contributed by atoms with Crippen LogP contribution in [0.2, 0.25) is 0 Å². The summed E-state index contributed by atoms with van der Waals surface area (Å²) in [6, 6.07) is 2.02. The third-order valence-electron chi connectivity index (χ3n) is 3.83. The highest BCUT2D eigenvalue weighted by Gasteiger charge is 2.31. The Morgan fingerprint density at radius 2 is 2.17 bits per heavy atom. The molecule has 3 N–H and O–H groups in total. The van der Waals surface area contributed by atoms with Crippen molar-refractivity contribution in [1.82, 2.24) is 4.98 Å². The molecular formula is C14H21N3S. The first-order valence-electron chi connectivity index (χ1n) is 6.43. The summed E-state index contributed by atoms with van der Waals surface area (Å²) in [5.41, 5.74) is 9.19. The molecule has 18 heavy (non-hydrogen) atoms. The van der Waals surface area contributed by atoms with Gasteiger partial charge >= 0.3 is 0 Å². The zero-order chi connectivity index (χ0) is 13.3. The van der Waals surface area contributed by atoms with Crippen molar-refractivity contribution in [3.05, 3.63) is 22.9 Å². The first-order chi connectivity index (χ1) is 8.41. The van der Waals surface area contributed by atoms with Crippen LogP contribution in [0, 0.1) is 19.3 Å². The molecule has 0 saturated heterocycles. The Bertz CT molecular complexity index is 478. The topological polar surface area (TPSA) is 50.9 Å². The van der Waals surface area contributed by atoms with Crippen molar-refractivity contribution in [2.24, 2.45) is 11.1 Å². The summed E-state index contributed by atoms with van der Waals surface area (Å²) in [7, 11) is 0. The Kier molecular flexibility index (Phi) is 3.57. The lowest BCUT2D eigenvalue weighted by Gasteiger charge is -2.38. The Morgan fingerprint density at radius 3 is 2.67 bits per heavy atom. The minimum atomic E-state index is 0.410. The molecule has 0 radical (unpaired) electrons. The average Bonchev–Trinajstić information content (AvgIpc) is 2.22. The first kappa shape index (κ1) is 13.3. The number of hydrogen-bond donors (Lipinski definition) is 2. The fraction of sp³-hybridized carbons (Fsp3) is 0.571. The highest BCUT2D eigenvalue weighted by atomic mass is 32.1. The second-order valence-corrected chi connectivity index (χ2v) is 6.13. The highest BCUT2D eigenvalue weighted by Crippen LogP contribution is 2.40. The van der Waals surface area contributed by atoms with Crippen LogP contribution < -0.4 is 11.1 Å². The molecular weight excluding hydrogens is 242 g/mol. The molecule has 1 fully saturated rings. The summed E-state index contributed by atoms with van der Waals surface area (Å²) in [4.78, 5) is 4.96. The number of hydrogen-bond acceptors (Lipinski definition) is 3. The summed E-state index contributed by atoms with van der Waals surface area (Å²) < 4.78 is 0. The van der Waals surface area contributed by atoms with Gasteiger partial charge in [-0.15, -0.1) is 0 Å². The van der Waals surface area contributed by atoms with E-state index in [4.69, 9.17) is 18.0 Å². The lowest BCUT2D eigenvalue weighted by Crippen LogP contribution is -2.34. The van der Waals surface area contributed by atoms with Crippen LogP contribution in [-0.2, 0) is 0 Å². The monoisotopic (exact) mass is 263 g/mol. The summed E-state index contributed by atoms with van der Waals surface area (Å²) in [6.45, 7) is 7.27. The van der Waals surface area contributed by atoms with Crippen molar-refractivity contribution < 1.29 is 0 Å². The molecule has 0 bridgehead atoms. The van der Waals surface area contributed by atoms with E-state index in [-0.39, 0.29) is 0 Å². The van der Waals surface area contributed by atoms with Gasteiger partial charge in [-0.05, 0) is 43.7 Å². The summed E-state index contributed by atoms with van der Waals surface area (Å²) >= 11 is 5.13. The van der Waals surface area contributed by atoms with E-state index in [1.54, 1.807) is 0 Å². The molecule has 0 unspecified atom stereocenters. The number of thiocarbonyl (C=S) groups is 1. The molecule has 1 aromatic heterocycles. The van der Waals surface area contributed by atoms with Crippen molar-refractivity contribution in [1.29, 1.82) is 0 Å². The number of aromatic nitrogens is 1. The first-order valence-corrected chi connectivity index (χ1v) is 6.84. The van der Waals surface area contributed by atoms with Gasteiger partial charge in [0.1, 0.15) is 10.8 Å². The normalized spacial score (nSPS) is 17.1. The van der Waals surface area contributed by atoms with Crippen molar-refractivity contribution >= 4 is 23.0 Å². The van der Waals surface area contributed by atoms with Gasteiger partial charge in [-0.3, -0.25) is 0 Å². The highest BCUT2D eigenvalue weighted by molar-refractivity contribution is 7.80. The van der Waals surface area contributed by atoms with E-state index < -0.39 is 0 Å². The van der Waals surface area contributed by atoms with Crippen LogP contribution in [0.3, 0.4) is 0 Å². The molecule has 0 aliphatic heterocycles. The summed E-state index contributed by atoms with van der Waals surface area (Å²) in [5, 5.41) is 3.44. The van der Waals surface area contributed by atoms with E-state index >= 15 is 0 Å². The van der Waals surface area contributed by atoms with Gasteiger partial charge in [0.25, 0.3) is 0 Å². The van der Waals surface area contributed by atoms with E-state index in [2.05, 4.69) is 17.2 Å². The molecule has 1 saturated carbocycles. The van der Waals surface area contributed by atoms with Crippen LogP contribution in [0.1, 0.15) is 43.0 Å². The number of aryl methyl sites for hydroxylation is 2. The number of nitrogens with zero attached hydrogens (tertiary/aromatic N) is 1.